The SMILES string of the molecule is CC.COC(=O)C1CC(OC(C)=O)CC(C)O1. The van der Waals surface area contributed by atoms with Gasteiger partial charge in [0, 0.05) is 19.8 Å². The van der Waals surface area contributed by atoms with Gasteiger partial charge in [-0.25, -0.2) is 4.79 Å². The monoisotopic (exact) mass is 246 g/mol. The van der Waals surface area contributed by atoms with Crippen LogP contribution in [-0.4, -0.2) is 37.4 Å². The molecule has 1 rings (SSSR count). The molecule has 1 aliphatic heterocycles. The Morgan fingerprint density at radius 3 is 2.29 bits per heavy atom. The van der Waals surface area contributed by atoms with Gasteiger partial charge in [0.1, 0.15) is 6.10 Å². The first kappa shape index (κ1) is 15.9. The molecule has 0 saturated carbocycles. The van der Waals surface area contributed by atoms with Gasteiger partial charge in [-0.1, -0.05) is 13.8 Å². The van der Waals surface area contributed by atoms with Crippen molar-refractivity contribution in [2.75, 3.05) is 7.11 Å². The Kier molecular flexibility index (Phi) is 7.54. The summed E-state index contributed by atoms with van der Waals surface area (Å²) in [5.41, 5.74) is 0. The maximum absolute atomic E-state index is 11.3. The Balaban J connectivity index is 0.00000121. The lowest BCUT2D eigenvalue weighted by Crippen LogP contribution is -2.41. The van der Waals surface area contributed by atoms with Crippen LogP contribution in [0.1, 0.15) is 40.5 Å². The lowest BCUT2D eigenvalue weighted by atomic mass is 10.0. The van der Waals surface area contributed by atoms with E-state index in [2.05, 4.69) is 4.74 Å². The van der Waals surface area contributed by atoms with Gasteiger partial charge < -0.3 is 14.2 Å². The molecule has 0 aromatic carbocycles. The van der Waals surface area contributed by atoms with Crippen molar-refractivity contribution in [3.8, 4) is 0 Å². The minimum absolute atomic E-state index is 0.104. The zero-order valence-electron chi connectivity index (χ0n) is 11.2. The third-order valence-corrected chi connectivity index (χ3v) is 2.27. The summed E-state index contributed by atoms with van der Waals surface area (Å²) in [7, 11) is 1.31. The number of hydrogen-bond donors (Lipinski definition) is 0. The average molecular weight is 246 g/mol. The van der Waals surface area contributed by atoms with Crippen LogP contribution in [0.4, 0.5) is 0 Å². The second-order valence-corrected chi connectivity index (χ2v) is 3.66. The molecule has 17 heavy (non-hydrogen) atoms. The molecule has 0 aromatic heterocycles. The normalized spacial score (nSPS) is 27.5. The molecule has 3 atom stereocenters. The first-order valence-electron chi connectivity index (χ1n) is 5.93. The van der Waals surface area contributed by atoms with Gasteiger partial charge >= 0.3 is 11.9 Å². The van der Waals surface area contributed by atoms with E-state index in [0.717, 1.165) is 0 Å². The summed E-state index contributed by atoms with van der Waals surface area (Å²) in [5, 5.41) is 0. The molecule has 0 spiro atoms. The average Bonchev–Trinajstić information content (AvgIpc) is 2.29. The topological polar surface area (TPSA) is 61.8 Å². The molecule has 1 aliphatic rings. The number of rotatable bonds is 2. The van der Waals surface area contributed by atoms with Crippen molar-refractivity contribution in [1.82, 2.24) is 0 Å². The van der Waals surface area contributed by atoms with E-state index in [1.165, 1.54) is 14.0 Å². The predicted molar refractivity (Wildman–Crippen MR) is 62.5 cm³/mol. The van der Waals surface area contributed by atoms with Gasteiger partial charge in [-0.2, -0.15) is 0 Å². The van der Waals surface area contributed by atoms with Gasteiger partial charge in [-0.05, 0) is 6.92 Å². The molecular weight excluding hydrogens is 224 g/mol. The third kappa shape index (κ3) is 5.68. The fourth-order valence-electron chi connectivity index (χ4n) is 1.71. The molecule has 0 aliphatic carbocycles. The van der Waals surface area contributed by atoms with Crippen LogP contribution >= 0.6 is 0 Å². The van der Waals surface area contributed by atoms with Gasteiger partial charge in [0.2, 0.25) is 0 Å². The van der Waals surface area contributed by atoms with Gasteiger partial charge in [0.05, 0.1) is 13.2 Å². The Hall–Kier alpha value is -1.10. The number of methoxy groups -OCH3 is 1. The van der Waals surface area contributed by atoms with Crippen molar-refractivity contribution in [1.29, 1.82) is 0 Å². The second-order valence-electron chi connectivity index (χ2n) is 3.66. The zero-order chi connectivity index (χ0) is 13.4. The van der Waals surface area contributed by atoms with E-state index < -0.39 is 12.1 Å². The molecule has 0 radical (unpaired) electrons. The standard InChI is InChI=1S/C10H16O5.C2H6/c1-6-4-8(15-7(2)11)5-9(14-6)10(12)13-3;1-2/h6,8-9H,4-5H2,1-3H3;1-2H3. The van der Waals surface area contributed by atoms with Crippen LogP contribution < -0.4 is 0 Å². The molecule has 100 valence electrons. The largest absolute Gasteiger partial charge is 0.467 e. The summed E-state index contributed by atoms with van der Waals surface area (Å²) in [6, 6.07) is 0. The van der Waals surface area contributed by atoms with Crippen molar-refractivity contribution in [2.45, 2.75) is 58.8 Å². The van der Waals surface area contributed by atoms with E-state index in [1.807, 2.05) is 20.8 Å². The molecule has 0 bridgehead atoms. The smallest absolute Gasteiger partial charge is 0.335 e. The van der Waals surface area contributed by atoms with Crippen molar-refractivity contribution in [2.24, 2.45) is 0 Å². The number of ether oxygens (including phenoxy) is 3. The van der Waals surface area contributed by atoms with Gasteiger partial charge in [0.15, 0.2) is 6.10 Å². The molecule has 1 fully saturated rings. The molecule has 0 aromatic rings. The highest BCUT2D eigenvalue weighted by molar-refractivity contribution is 5.74. The maximum atomic E-state index is 11.3. The Morgan fingerprint density at radius 1 is 1.24 bits per heavy atom. The van der Waals surface area contributed by atoms with Crippen LogP contribution in [-0.2, 0) is 23.8 Å². The lowest BCUT2D eigenvalue weighted by molar-refractivity contribution is -0.176. The first-order valence-corrected chi connectivity index (χ1v) is 5.93. The van der Waals surface area contributed by atoms with Crippen LogP contribution in [0.25, 0.3) is 0 Å². The highest BCUT2D eigenvalue weighted by Crippen LogP contribution is 2.22. The summed E-state index contributed by atoms with van der Waals surface area (Å²) < 4.78 is 15.0. The summed E-state index contributed by atoms with van der Waals surface area (Å²) in [6.45, 7) is 7.19. The maximum Gasteiger partial charge on any atom is 0.335 e. The van der Waals surface area contributed by atoms with Gasteiger partial charge in [-0.15, -0.1) is 0 Å². The predicted octanol–water partition coefficient (Wildman–Crippen LogP) is 1.68. The minimum Gasteiger partial charge on any atom is -0.467 e. The zero-order valence-corrected chi connectivity index (χ0v) is 11.2. The minimum atomic E-state index is -0.622. The Labute approximate surface area is 102 Å². The van der Waals surface area contributed by atoms with Crippen LogP contribution in [0.3, 0.4) is 0 Å². The van der Waals surface area contributed by atoms with Crippen LogP contribution in [0.15, 0.2) is 0 Å². The van der Waals surface area contributed by atoms with Crippen LogP contribution in [0.5, 0.6) is 0 Å². The third-order valence-electron chi connectivity index (χ3n) is 2.27. The molecule has 5 nitrogen and oxygen atoms in total. The van der Waals surface area contributed by atoms with E-state index in [0.29, 0.717) is 12.8 Å². The first-order chi connectivity index (χ1) is 8.02. The molecular formula is C12H22O5. The molecule has 5 heteroatoms. The second kappa shape index (κ2) is 8.06. The van der Waals surface area contributed by atoms with E-state index in [-0.39, 0.29) is 18.2 Å². The van der Waals surface area contributed by atoms with Crippen molar-refractivity contribution < 1.29 is 23.8 Å². The van der Waals surface area contributed by atoms with E-state index >= 15 is 0 Å². The highest BCUT2D eigenvalue weighted by Gasteiger charge is 2.33. The van der Waals surface area contributed by atoms with E-state index in [4.69, 9.17) is 9.47 Å². The van der Waals surface area contributed by atoms with Crippen molar-refractivity contribution in [3.05, 3.63) is 0 Å². The summed E-state index contributed by atoms with van der Waals surface area (Å²) >= 11 is 0. The van der Waals surface area contributed by atoms with Crippen LogP contribution in [0, 0.1) is 0 Å². The molecule has 0 N–H and O–H groups in total. The number of esters is 2. The van der Waals surface area contributed by atoms with E-state index in [9.17, 15) is 9.59 Å². The Morgan fingerprint density at radius 2 is 1.82 bits per heavy atom. The quantitative estimate of drug-likeness (QED) is 0.694. The van der Waals surface area contributed by atoms with Gasteiger partial charge in [-0.3, -0.25) is 4.79 Å². The molecule has 3 unspecified atom stereocenters. The summed E-state index contributed by atoms with van der Waals surface area (Å²) in [4.78, 5) is 22.0. The number of carbonyl (C=O) groups is 2. The lowest BCUT2D eigenvalue weighted by Gasteiger charge is -2.31. The van der Waals surface area contributed by atoms with Crippen molar-refractivity contribution in [3.63, 3.8) is 0 Å². The van der Waals surface area contributed by atoms with Crippen LogP contribution in [0.2, 0.25) is 0 Å². The number of hydrogen-bond acceptors (Lipinski definition) is 5. The molecule has 1 saturated heterocycles. The molecule has 1 heterocycles. The Bertz CT molecular complexity index is 251. The summed E-state index contributed by atoms with van der Waals surface area (Å²) in [6.07, 6.45) is 0.00887. The summed E-state index contributed by atoms with van der Waals surface area (Å²) in [5.74, 6) is -0.753. The fourth-order valence-corrected chi connectivity index (χ4v) is 1.71. The van der Waals surface area contributed by atoms with E-state index in [1.54, 1.807) is 0 Å². The number of carbonyl (C=O) groups excluding carboxylic acids is 2. The fraction of sp³-hybridized carbons (Fsp3) is 0.833. The van der Waals surface area contributed by atoms with Gasteiger partial charge in [0.25, 0.3) is 0 Å². The highest BCUT2D eigenvalue weighted by atomic mass is 16.6. The molecule has 0 amide bonds. The van der Waals surface area contributed by atoms with Crippen molar-refractivity contribution >= 4 is 11.9 Å².